The molecule has 1 aromatic heterocycles. The zero-order chi connectivity index (χ0) is 13.2. The van der Waals surface area contributed by atoms with Crippen LogP contribution in [-0.4, -0.2) is 37.2 Å². The first-order valence-corrected chi connectivity index (χ1v) is 6.33. The van der Waals surface area contributed by atoms with E-state index in [-0.39, 0.29) is 5.91 Å². The summed E-state index contributed by atoms with van der Waals surface area (Å²) in [4.78, 5) is 15.9. The number of rotatable bonds is 8. The number of ether oxygens (including phenoxy) is 1. The molecule has 0 aromatic carbocycles. The summed E-state index contributed by atoms with van der Waals surface area (Å²) in [5.41, 5.74) is 1.39. The van der Waals surface area contributed by atoms with Crippen molar-refractivity contribution >= 4 is 11.6 Å². The molecule has 18 heavy (non-hydrogen) atoms. The molecule has 1 aromatic rings. The second kappa shape index (κ2) is 8.47. The van der Waals surface area contributed by atoms with Crippen molar-refractivity contribution in [3.05, 3.63) is 24.0 Å². The fourth-order valence-electron chi connectivity index (χ4n) is 1.47. The molecule has 1 rings (SSSR count). The average molecular weight is 251 g/mol. The normalized spacial score (nSPS) is 10.1. The van der Waals surface area contributed by atoms with Crippen LogP contribution in [0.1, 0.15) is 30.6 Å². The van der Waals surface area contributed by atoms with Crippen LogP contribution in [0.15, 0.2) is 18.5 Å². The minimum Gasteiger partial charge on any atom is -0.384 e. The molecule has 1 heterocycles. The molecule has 0 spiro atoms. The number of hydrogen-bond acceptors (Lipinski definition) is 4. The van der Waals surface area contributed by atoms with Gasteiger partial charge in [0.1, 0.15) is 0 Å². The van der Waals surface area contributed by atoms with E-state index >= 15 is 0 Å². The Balaban J connectivity index is 2.55. The van der Waals surface area contributed by atoms with Gasteiger partial charge in [-0.25, -0.2) is 0 Å². The van der Waals surface area contributed by atoms with Gasteiger partial charge in [0.2, 0.25) is 0 Å². The highest BCUT2D eigenvalue weighted by Crippen LogP contribution is 2.13. The second-order valence-electron chi connectivity index (χ2n) is 3.80. The Labute approximate surface area is 108 Å². The molecule has 0 saturated heterocycles. The van der Waals surface area contributed by atoms with Crippen LogP contribution >= 0.6 is 0 Å². The van der Waals surface area contributed by atoms with E-state index in [1.54, 1.807) is 12.4 Å². The number of nitrogens with one attached hydrogen (secondary N) is 2. The fraction of sp³-hybridized carbons (Fsp3) is 0.538. The summed E-state index contributed by atoms with van der Waals surface area (Å²) in [6, 6.07) is 1.81. The highest BCUT2D eigenvalue weighted by molar-refractivity contribution is 5.99. The van der Waals surface area contributed by atoms with E-state index in [0.717, 1.165) is 18.7 Å². The standard InChI is InChI=1S/C13H21N3O2/c1-3-6-15-12-5-7-14-10-11(12)13(17)16-8-9-18-4-2/h5,7,10H,3-4,6,8-9H2,1-2H3,(H,14,15)(H,16,17). The molecule has 0 aliphatic rings. The van der Waals surface area contributed by atoms with Gasteiger partial charge in [-0.05, 0) is 19.4 Å². The molecule has 0 aliphatic carbocycles. The monoisotopic (exact) mass is 251 g/mol. The molecule has 0 unspecified atom stereocenters. The molecule has 5 nitrogen and oxygen atoms in total. The van der Waals surface area contributed by atoms with Gasteiger partial charge in [-0.2, -0.15) is 0 Å². The lowest BCUT2D eigenvalue weighted by atomic mass is 10.2. The first-order valence-electron chi connectivity index (χ1n) is 6.33. The van der Waals surface area contributed by atoms with Crippen molar-refractivity contribution in [2.24, 2.45) is 0 Å². The summed E-state index contributed by atoms with van der Waals surface area (Å²) in [5.74, 6) is -0.124. The molecule has 0 saturated carbocycles. The number of pyridine rings is 1. The lowest BCUT2D eigenvalue weighted by molar-refractivity contribution is 0.0923. The summed E-state index contributed by atoms with van der Waals surface area (Å²) >= 11 is 0. The van der Waals surface area contributed by atoms with E-state index in [1.807, 2.05) is 13.0 Å². The third-order valence-corrected chi connectivity index (χ3v) is 2.37. The predicted octanol–water partition coefficient (Wildman–Crippen LogP) is 1.67. The zero-order valence-corrected chi connectivity index (χ0v) is 11.0. The molecular formula is C13H21N3O2. The first kappa shape index (κ1) is 14.4. The average Bonchev–Trinajstić information content (AvgIpc) is 2.41. The lowest BCUT2D eigenvalue weighted by Gasteiger charge is -2.11. The Hall–Kier alpha value is -1.62. The topological polar surface area (TPSA) is 63.2 Å². The highest BCUT2D eigenvalue weighted by atomic mass is 16.5. The summed E-state index contributed by atoms with van der Waals surface area (Å²) < 4.78 is 5.17. The van der Waals surface area contributed by atoms with Crippen molar-refractivity contribution in [1.29, 1.82) is 0 Å². The SMILES string of the molecule is CCCNc1ccncc1C(=O)NCCOCC. The summed E-state index contributed by atoms with van der Waals surface area (Å²) in [6.07, 6.45) is 4.26. The van der Waals surface area contributed by atoms with Gasteiger partial charge in [-0.1, -0.05) is 6.92 Å². The van der Waals surface area contributed by atoms with Crippen molar-refractivity contribution in [1.82, 2.24) is 10.3 Å². The van der Waals surface area contributed by atoms with Crippen LogP contribution in [0.4, 0.5) is 5.69 Å². The molecule has 0 aliphatic heterocycles. The largest absolute Gasteiger partial charge is 0.384 e. The number of nitrogens with zero attached hydrogens (tertiary/aromatic N) is 1. The van der Waals surface area contributed by atoms with Crippen LogP contribution in [-0.2, 0) is 4.74 Å². The van der Waals surface area contributed by atoms with Gasteiger partial charge in [0.25, 0.3) is 5.91 Å². The lowest BCUT2D eigenvalue weighted by Crippen LogP contribution is -2.28. The van der Waals surface area contributed by atoms with Gasteiger partial charge >= 0.3 is 0 Å². The molecule has 5 heteroatoms. The maximum absolute atomic E-state index is 11.9. The van der Waals surface area contributed by atoms with E-state index in [4.69, 9.17) is 4.74 Å². The Morgan fingerprint density at radius 1 is 1.39 bits per heavy atom. The number of amides is 1. The Morgan fingerprint density at radius 2 is 2.22 bits per heavy atom. The molecule has 0 fully saturated rings. The van der Waals surface area contributed by atoms with Crippen LogP contribution in [0.3, 0.4) is 0 Å². The molecule has 0 atom stereocenters. The van der Waals surface area contributed by atoms with Crippen molar-refractivity contribution in [2.75, 3.05) is 31.6 Å². The molecule has 0 radical (unpaired) electrons. The molecule has 100 valence electrons. The molecule has 0 bridgehead atoms. The minimum atomic E-state index is -0.124. The van der Waals surface area contributed by atoms with Crippen molar-refractivity contribution in [2.45, 2.75) is 20.3 Å². The van der Waals surface area contributed by atoms with Gasteiger partial charge in [-0.3, -0.25) is 9.78 Å². The van der Waals surface area contributed by atoms with Crippen LogP contribution in [0.5, 0.6) is 0 Å². The Kier molecular flexibility index (Phi) is 6.79. The molecule has 2 N–H and O–H groups in total. The maximum Gasteiger partial charge on any atom is 0.255 e. The highest BCUT2D eigenvalue weighted by Gasteiger charge is 2.10. The quantitative estimate of drug-likeness (QED) is 0.690. The number of anilines is 1. The predicted molar refractivity (Wildman–Crippen MR) is 71.8 cm³/mol. The van der Waals surface area contributed by atoms with Crippen LogP contribution < -0.4 is 10.6 Å². The van der Waals surface area contributed by atoms with Crippen molar-refractivity contribution < 1.29 is 9.53 Å². The maximum atomic E-state index is 11.9. The summed E-state index contributed by atoms with van der Waals surface area (Å²) in [5, 5.41) is 6.02. The minimum absolute atomic E-state index is 0.124. The van der Waals surface area contributed by atoms with Crippen molar-refractivity contribution in [3.8, 4) is 0 Å². The van der Waals surface area contributed by atoms with Gasteiger partial charge in [-0.15, -0.1) is 0 Å². The Bertz CT molecular complexity index is 369. The first-order chi connectivity index (χ1) is 8.79. The number of aromatic nitrogens is 1. The van der Waals surface area contributed by atoms with E-state index in [2.05, 4.69) is 22.5 Å². The van der Waals surface area contributed by atoms with Gasteiger partial charge in [0.05, 0.1) is 17.9 Å². The molecule has 1 amide bonds. The third kappa shape index (κ3) is 4.71. The third-order valence-electron chi connectivity index (χ3n) is 2.37. The van der Waals surface area contributed by atoms with Crippen LogP contribution in [0.2, 0.25) is 0 Å². The van der Waals surface area contributed by atoms with E-state index in [9.17, 15) is 4.79 Å². The number of hydrogen-bond donors (Lipinski definition) is 2. The van der Waals surface area contributed by atoms with Crippen LogP contribution in [0, 0.1) is 0 Å². The van der Waals surface area contributed by atoms with E-state index in [0.29, 0.717) is 25.3 Å². The van der Waals surface area contributed by atoms with E-state index in [1.165, 1.54) is 0 Å². The summed E-state index contributed by atoms with van der Waals surface area (Å²) in [7, 11) is 0. The number of carbonyl (C=O) groups is 1. The van der Waals surface area contributed by atoms with Gasteiger partial charge < -0.3 is 15.4 Å². The molecular weight excluding hydrogens is 230 g/mol. The number of carbonyl (C=O) groups excluding carboxylic acids is 1. The summed E-state index contributed by atoms with van der Waals surface area (Å²) in [6.45, 7) is 6.54. The van der Waals surface area contributed by atoms with Gasteiger partial charge in [0.15, 0.2) is 0 Å². The smallest absolute Gasteiger partial charge is 0.255 e. The second-order valence-corrected chi connectivity index (χ2v) is 3.80. The fourth-order valence-corrected chi connectivity index (χ4v) is 1.47. The zero-order valence-electron chi connectivity index (χ0n) is 11.0. The van der Waals surface area contributed by atoms with Gasteiger partial charge in [0, 0.05) is 32.1 Å². The van der Waals surface area contributed by atoms with Crippen LogP contribution in [0.25, 0.3) is 0 Å². The van der Waals surface area contributed by atoms with Crippen molar-refractivity contribution in [3.63, 3.8) is 0 Å². The Morgan fingerprint density at radius 3 is 2.94 bits per heavy atom. The van der Waals surface area contributed by atoms with E-state index < -0.39 is 0 Å².